The van der Waals surface area contributed by atoms with Gasteiger partial charge in [0.25, 0.3) is 11.9 Å². The molecule has 15 nitrogen and oxygen atoms in total. The number of aliphatic hydroxyl groups is 7. The van der Waals surface area contributed by atoms with Crippen molar-refractivity contribution in [2.24, 2.45) is 0 Å². The van der Waals surface area contributed by atoms with Crippen molar-refractivity contribution in [3.8, 4) is 28.7 Å². The molecule has 0 aromatic heterocycles. The first-order valence-corrected chi connectivity index (χ1v) is 13.0. The van der Waals surface area contributed by atoms with Gasteiger partial charge in [-0.15, -0.1) is 0 Å². The monoisotopic (exact) mass is 597 g/mol. The summed E-state index contributed by atoms with van der Waals surface area (Å²) < 4.78 is 27.0. The molecule has 42 heavy (non-hydrogen) atoms. The van der Waals surface area contributed by atoms with Crippen LogP contribution in [-0.2, 0) is 18.9 Å². The summed E-state index contributed by atoms with van der Waals surface area (Å²) in [7, 11) is 0. The first-order chi connectivity index (χ1) is 19.8. The van der Waals surface area contributed by atoms with E-state index < -0.39 is 85.6 Å². The zero-order valence-electron chi connectivity index (χ0n) is 22.1. The van der Waals surface area contributed by atoms with Gasteiger partial charge in [0.05, 0.1) is 24.3 Å². The molecule has 11 N–H and O–H groups in total. The lowest BCUT2D eigenvalue weighted by molar-refractivity contribution is -0.325. The van der Waals surface area contributed by atoms with Crippen molar-refractivity contribution >= 4 is 6.08 Å². The van der Waals surface area contributed by atoms with Crippen LogP contribution in [0.25, 0.3) is 6.08 Å². The summed E-state index contributed by atoms with van der Waals surface area (Å²) in [6.07, 6.45) is -14.9. The molecule has 0 bridgehead atoms. The van der Waals surface area contributed by atoms with E-state index in [0.29, 0.717) is 5.56 Å². The van der Waals surface area contributed by atoms with E-state index in [4.69, 9.17) is 18.9 Å². The van der Waals surface area contributed by atoms with Gasteiger partial charge >= 0.3 is 0 Å². The molecule has 0 aliphatic carbocycles. The van der Waals surface area contributed by atoms with Crippen molar-refractivity contribution in [3.05, 3.63) is 47.2 Å². The van der Waals surface area contributed by atoms with Gasteiger partial charge in [-0.3, -0.25) is 0 Å². The standard InChI is InChI=1S/C27H32O15/c1-9-19(32)21(34)23(36)26(39-9)38-8-18-20(33)22(35)24(37)27(42-18)41-17-7-12-14(30)5-11(28)6-16(12)40-25(17)10-2-3-13(29)15(31)4-10/h2-7,9,18-37H,8H2,1H3/p+1/t9-,18-,19+,20+,21-,22+,23+,24-,25?,26-,27+/m0/s1. The van der Waals surface area contributed by atoms with E-state index in [0.717, 1.165) is 6.07 Å². The van der Waals surface area contributed by atoms with E-state index >= 15 is 0 Å². The molecule has 2 aromatic carbocycles. The van der Waals surface area contributed by atoms with Crippen LogP contribution in [0.15, 0.2) is 36.1 Å². The zero-order chi connectivity index (χ0) is 30.5. The van der Waals surface area contributed by atoms with Crippen molar-refractivity contribution in [2.45, 2.75) is 74.4 Å². The minimum absolute atomic E-state index is 0.0436. The second-order valence-corrected chi connectivity index (χ2v) is 10.4. The van der Waals surface area contributed by atoms with E-state index in [9.17, 15) is 51.1 Å². The number of hydrogen-bond donors (Lipinski definition) is 10. The third kappa shape index (κ3) is 5.66. The number of aliphatic hydroxyl groups excluding tert-OH is 6. The summed E-state index contributed by atoms with van der Waals surface area (Å²) in [5.74, 6) is -1.35. The lowest BCUT2D eigenvalue weighted by Gasteiger charge is -2.42. The Labute approximate surface area is 238 Å². The Bertz CT molecular complexity index is 1320. The Hall–Kier alpha value is -3.38. The van der Waals surface area contributed by atoms with Crippen molar-refractivity contribution in [3.63, 3.8) is 0 Å². The quantitative estimate of drug-likeness (QED) is 0.135. The summed E-state index contributed by atoms with van der Waals surface area (Å²) in [5.41, 5.74) is 0.445. The molecule has 230 valence electrons. The van der Waals surface area contributed by atoms with Crippen LogP contribution in [0.4, 0.5) is 0 Å². The maximum absolute atomic E-state index is 10.7. The molecule has 15 heteroatoms. The molecular weight excluding hydrogens is 564 g/mol. The number of rotatable bonds is 6. The highest BCUT2D eigenvalue weighted by atomic mass is 16.7. The van der Waals surface area contributed by atoms with Crippen molar-refractivity contribution < 1.29 is 74.7 Å². The van der Waals surface area contributed by atoms with Gasteiger partial charge in [0.1, 0.15) is 59.8 Å². The maximum atomic E-state index is 10.7. The summed E-state index contributed by atoms with van der Waals surface area (Å²) in [6, 6.07) is 6.22. The third-order valence-corrected chi connectivity index (χ3v) is 7.41. The molecule has 3 aliphatic rings. The topological polar surface area (TPSA) is 252 Å². The van der Waals surface area contributed by atoms with E-state index in [1.54, 1.807) is 0 Å². The molecule has 0 radical (unpaired) electrons. The number of ether oxygens (including phenoxy) is 5. The van der Waals surface area contributed by atoms with Gasteiger partial charge in [-0.2, -0.15) is 0 Å². The van der Waals surface area contributed by atoms with E-state index in [1.807, 2.05) is 0 Å². The molecule has 0 saturated carbocycles. The molecule has 3 aliphatic heterocycles. The van der Waals surface area contributed by atoms with E-state index in [2.05, 4.69) is 4.74 Å². The second kappa shape index (κ2) is 11.7. The molecule has 11 atom stereocenters. The normalized spacial score (nSPS) is 36.5. The molecular formula is C27H33O15+. The van der Waals surface area contributed by atoms with Crippen LogP contribution < -0.4 is 0 Å². The molecule has 2 saturated heterocycles. The molecule has 2 fully saturated rings. The van der Waals surface area contributed by atoms with Gasteiger partial charge in [-0.1, -0.05) is 0 Å². The van der Waals surface area contributed by atoms with Crippen LogP contribution in [-0.4, -0.2) is 124 Å². The Kier molecular flexibility index (Phi) is 8.39. The van der Waals surface area contributed by atoms with Crippen LogP contribution in [0.2, 0.25) is 0 Å². The van der Waals surface area contributed by atoms with Crippen LogP contribution in [0.1, 0.15) is 24.2 Å². The van der Waals surface area contributed by atoms with Gasteiger partial charge in [0.2, 0.25) is 6.29 Å². The summed E-state index contributed by atoms with van der Waals surface area (Å²) in [4.78, 5) is 0. The largest absolute Gasteiger partial charge is 0.571 e. The summed E-state index contributed by atoms with van der Waals surface area (Å²) in [5, 5.41) is 102. The summed E-state index contributed by atoms with van der Waals surface area (Å²) >= 11 is 0. The second-order valence-electron chi connectivity index (χ2n) is 10.4. The van der Waals surface area contributed by atoms with E-state index in [-0.39, 0.29) is 28.6 Å². The predicted octanol–water partition coefficient (Wildman–Crippen LogP) is -1.49. The van der Waals surface area contributed by atoms with Gasteiger partial charge in [-0.25, -0.2) is 0 Å². The summed E-state index contributed by atoms with van der Waals surface area (Å²) in [6.45, 7) is 0.945. The lowest BCUT2D eigenvalue weighted by atomic mass is 9.98. The first-order valence-electron chi connectivity index (χ1n) is 13.0. The fourth-order valence-corrected chi connectivity index (χ4v) is 4.96. The highest BCUT2D eigenvalue weighted by Crippen LogP contribution is 2.46. The molecule has 5 rings (SSSR count). The number of aromatic hydroxyl groups is 5. The van der Waals surface area contributed by atoms with Crippen molar-refractivity contribution in [2.75, 3.05) is 6.61 Å². The average Bonchev–Trinajstić information content (AvgIpc) is 2.95. The zero-order valence-corrected chi connectivity index (χ0v) is 22.1. The van der Waals surface area contributed by atoms with Crippen LogP contribution in [0.3, 0.4) is 0 Å². The minimum atomic E-state index is -1.80. The minimum Gasteiger partial charge on any atom is -0.571 e. The number of benzene rings is 2. The number of hydrogen-bond acceptors (Lipinski definition) is 14. The highest BCUT2D eigenvalue weighted by Gasteiger charge is 2.48. The first kappa shape index (κ1) is 30.1. The van der Waals surface area contributed by atoms with E-state index in [1.165, 1.54) is 37.3 Å². The number of phenolic OH excluding ortho intramolecular Hbond substituents is 4. The van der Waals surface area contributed by atoms with Crippen molar-refractivity contribution in [1.29, 1.82) is 0 Å². The smallest absolute Gasteiger partial charge is 0.270 e. The number of fused-ring (bicyclic) bond motifs is 1. The van der Waals surface area contributed by atoms with Crippen LogP contribution in [0, 0.1) is 0 Å². The fourth-order valence-electron chi connectivity index (χ4n) is 4.96. The van der Waals surface area contributed by atoms with Crippen LogP contribution >= 0.6 is 0 Å². The maximum Gasteiger partial charge on any atom is 0.270 e. The van der Waals surface area contributed by atoms with Gasteiger partial charge in [-0.05, 0) is 25.1 Å². The SMILES string of the molecule is C[C@@H]1O[C@H](OC[C@@H]2O[C@@H](OC3=Cc4c(O)cc(O)cc4[OH+]C3c3ccc(O)c(O)c3)[C@@H](O)[C@H](O)[C@@H]2O)[C@H](O)[C@@H](O)[C@@H]1O. The lowest BCUT2D eigenvalue weighted by Crippen LogP contribution is -2.61. The Morgan fingerprint density at radius 2 is 1.43 bits per heavy atom. The molecule has 0 amide bonds. The van der Waals surface area contributed by atoms with Crippen molar-refractivity contribution in [1.82, 2.24) is 0 Å². The highest BCUT2D eigenvalue weighted by molar-refractivity contribution is 5.69. The third-order valence-electron chi connectivity index (χ3n) is 7.41. The average molecular weight is 598 g/mol. The molecule has 0 spiro atoms. The Balaban J connectivity index is 1.39. The molecule has 2 aromatic rings. The van der Waals surface area contributed by atoms with Gasteiger partial charge < -0.3 is 74.7 Å². The number of phenols is 4. The van der Waals surface area contributed by atoms with Gasteiger partial charge in [0.15, 0.2) is 23.5 Å². The molecule has 1 unspecified atom stereocenters. The Morgan fingerprint density at radius 3 is 2.14 bits per heavy atom. The molecule has 3 heterocycles. The Morgan fingerprint density at radius 1 is 0.738 bits per heavy atom. The fraction of sp³-hybridized carbons (Fsp3) is 0.481. The predicted molar refractivity (Wildman–Crippen MR) is 138 cm³/mol. The van der Waals surface area contributed by atoms with Gasteiger partial charge in [0, 0.05) is 12.1 Å². The van der Waals surface area contributed by atoms with Crippen LogP contribution in [0.5, 0.6) is 28.7 Å².